The Kier molecular flexibility index (Phi) is 6.94. The highest BCUT2D eigenvalue weighted by molar-refractivity contribution is 7.16. The molecule has 134 valence electrons. The molecule has 0 saturated carbocycles. The van der Waals surface area contributed by atoms with E-state index in [1.54, 1.807) is 6.92 Å². The van der Waals surface area contributed by atoms with Gasteiger partial charge in [0.2, 0.25) is 5.91 Å². The fraction of sp³-hybridized carbons (Fsp3) is 0.389. The van der Waals surface area contributed by atoms with Crippen LogP contribution in [-0.2, 0) is 20.7 Å². The van der Waals surface area contributed by atoms with Crippen molar-refractivity contribution in [1.29, 1.82) is 0 Å². The summed E-state index contributed by atoms with van der Waals surface area (Å²) in [6.45, 7) is 4.30. The Labute approximate surface area is 151 Å². The lowest BCUT2D eigenvalue weighted by Crippen LogP contribution is -2.12. The van der Waals surface area contributed by atoms with Gasteiger partial charge in [0, 0.05) is 11.3 Å². The predicted octanol–water partition coefficient (Wildman–Crippen LogP) is 3.27. The minimum absolute atomic E-state index is 0.120. The van der Waals surface area contributed by atoms with Gasteiger partial charge < -0.3 is 14.8 Å². The summed E-state index contributed by atoms with van der Waals surface area (Å²) in [6.07, 6.45) is 1.12. The molecule has 0 atom stereocenters. The van der Waals surface area contributed by atoms with Crippen molar-refractivity contribution in [1.82, 2.24) is 4.98 Å². The summed E-state index contributed by atoms with van der Waals surface area (Å²) in [5.41, 5.74) is 1.91. The van der Waals surface area contributed by atoms with Gasteiger partial charge in [0.1, 0.15) is 5.75 Å². The van der Waals surface area contributed by atoms with Gasteiger partial charge in [-0.1, -0.05) is 17.7 Å². The third-order valence-electron chi connectivity index (χ3n) is 3.51. The van der Waals surface area contributed by atoms with Gasteiger partial charge in [-0.15, -0.1) is 11.3 Å². The van der Waals surface area contributed by atoms with E-state index < -0.39 is 0 Å². The molecule has 0 bridgehead atoms. The van der Waals surface area contributed by atoms with Gasteiger partial charge in [-0.05, 0) is 32.4 Å². The Morgan fingerprint density at radius 1 is 1.20 bits per heavy atom. The van der Waals surface area contributed by atoms with Crippen molar-refractivity contribution in [2.45, 2.75) is 33.1 Å². The Balaban J connectivity index is 1.74. The van der Waals surface area contributed by atoms with E-state index in [4.69, 9.17) is 4.74 Å². The molecule has 0 saturated heterocycles. The summed E-state index contributed by atoms with van der Waals surface area (Å²) in [6, 6.07) is 7.80. The van der Waals surface area contributed by atoms with Crippen molar-refractivity contribution in [2.24, 2.45) is 0 Å². The number of aromatic nitrogens is 1. The summed E-state index contributed by atoms with van der Waals surface area (Å²) in [4.78, 5) is 28.4. The quantitative estimate of drug-likeness (QED) is 0.576. The number of methoxy groups -OCH3 is 1. The normalized spacial score (nSPS) is 10.4. The molecule has 1 aromatic carbocycles. The molecule has 1 amide bonds. The third kappa shape index (κ3) is 6.19. The van der Waals surface area contributed by atoms with E-state index in [1.165, 1.54) is 24.0 Å². The number of rotatable bonds is 8. The van der Waals surface area contributed by atoms with Crippen LogP contribution < -0.4 is 10.1 Å². The Morgan fingerprint density at radius 3 is 2.60 bits per heavy atom. The molecule has 6 nitrogen and oxygen atoms in total. The fourth-order valence-electron chi connectivity index (χ4n) is 2.09. The lowest BCUT2D eigenvalue weighted by atomic mass is 10.2. The second kappa shape index (κ2) is 9.17. The Bertz CT molecular complexity index is 725. The largest absolute Gasteiger partial charge is 0.494 e. The summed E-state index contributed by atoms with van der Waals surface area (Å²) >= 11 is 1.29. The first kappa shape index (κ1) is 18.9. The number of aryl methyl sites for hydroxylation is 2. The monoisotopic (exact) mass is 362 g/mol. The molecule has 1 N–H and O–H groups in total. The topological polar surface area (TPSA) is 77.5 Å². The highest BCUT2D eigenvalue weighted by atomic mass is 32.1. The average Bonchev–Trinajstić information content (AvgIpc) is 2.92. The standard InChI is InChI=1S/C18H22N2O4S/c1-12-6-8-14(9-7-12)24-10-4-5-16(21)20-18-19-13(2)15(25-18)11-17(22)23-3/h6-9H,4-5,10-11H2,1-3H3,(H,19,20,21). The highest BCUT2D eigenvalue weighted by Crippen LogP contribution is 2.23. The van der Waals surface area contributed by atoms with Crippen molar-refractivity contribution in [2.75, 3.05) is 19.0 Å². The summed E-state index contributed by atoms with van der Waals surface area (Å²) in [5, 5.41) is 3.26. The average molecular weight is 362 g/mol. The van der Waals surface area contributed by atoms with Crippen LogP contribution >= 0.6 is 11.3 Å². The minimum Gasteiger partial charge on any atom is -0.494 e. The number of amides is 1. The van der Waals surface area contributed by atoms with Crippen LogP contribution in [0.4, 0.5) is 5.13 Å². The first-order chi connectivity index (χ1) is 12.0. The van der Waals surface area contributed by atoms with Crippen LogP contribution in [0.15, 0.2) is 24.3 Å². The number of nitrogens with zero attached hydrogens (tertiary/aromatic N) is 1. The number of carbonyl (C=O) groups excluding carboxylic acids is 2. The van der Waals surface area contributed by atoms with E-state index in [1.807, 2.05) is 31.2 Å². The zero-order valence-electron chi connectivity index (χ0n) is 14.6. The van der Waals surface area contributed by atoms with Crippen LogP contribution in [0.2, 0.25) is 0 Å². The van der Waals surface area contributed by atoms with Crippen LogP contribution in [0.3, 0.4) is 0 Å². The molecule has 0 aliphatic heterocycles. The number of ether oxygens (including phenoxy) is 2. The minimum atomic E-state index is -0.321. The van der Waals surface area contributed by atoms with E-state index in [0.29, 0.717) is 24.6 Å². The van der Waals surface area contributed by atoms with E-state index >= 15 is 0 Å². The molecule has 2 aromatic rings. The maximum atomic E-state index is 12.0. The van der Waals surface area contributed by atoms with E-state index in [0.717, 1.165) is 16.3 Å². The second-order valence-corrected chi connectivity index (χ2v) is 6.68. The van der Waals surface area contributed by atoms with Crippen molar-refractivity contribution in [3.63, 3.8) is 0 Å². The number of hydrogen-bond donors (Lipinski definition) is 1. The number of esters is 1. The van der Waals surface area contributed by atoms with Crippen molar-refractivity contribution < 1.29 is 19.1 Å². The van der Waals surface area contributed by atoms with Gasteiger partial charge >= 0.3 is 5.97 Å². The zero-order chi connectivity index (χ0) is 18.2. The molecule has 0 radical (unpaired) electrons. The molecule has 2 rings (SSSR count). The smallest absolute Gasteiger partial charge is 0.310 e. The van der Waals surface area contributed by atoms with Gasteiger partial charge in [-0.25, -0.2) is 4.98 Å². The molecular formula is C18H22N2O4S. The molecule has 0 fully saturated rings. The maximum Gasteiger partial charge on any atom is 0.310 e. The van der Waals surface area contributed by atoms with Crippen LogP contribution in [0.1, 0.15) is 29.0 Å². The second-order valence-electron chi connectivity index (χ2n) is 5.59. The number of hydrogen-bond acceptors (Lipinski definition) is 6. The SMILES string of the molecule is COC(=O)Cc1sc(NC(=O)CCCOc2ccc(C)cc2)nc1C. The number of carbonyl (C=O) groups is 2. The van der Waals surface area contributed by atoms with Crippen molar-refractivity contribution >= 4 is 28.3 Å². The molecule has 0 aliphatic carbocycles. The van der Waals surface area contributed by atoms with Gasteiger partial charge in [0.05, 0.1) is 25.8 Å². The first-order valence-electron chi connectivity index (χ1n) is 8.00. The number of nitrogens with one attached hydrogen (secondary N) is 1. The van der Waals surface area contributed by atoms with Crippen LogP contribution in [-0.4, -0.2) is 30.6 Å². The molecular weight excluding hydrogens is 340 g/mol. The molecule has 1 heterocycles. The Hall–Kier alpha value is -2.41. The molecule has 25 heavy (non-hydrogen) atoms. The van der Waals surface area contributed by atoms with Gasteiger partial charge in [-0.2, -0.15) is 0 Å². The predicted molar refractivity (Wildman–Crippen MR) is 97.1 cm³/mol. The number of thiazole rings is 1. The van der Waals surface area contributed by atoms with E-state index in [9.17, 15) is 9.59 Å². The van der Waals surface area contributed by atoms with Crippen molar-refractivity contribution in [3.8, 4) is 5.75 Å². The van der Waals surface area contributed by atoms with Gasteiger partial charge in [0.25, 0.3) is 0 Å². The first-order valence-corrected chi connectivity index (χ1v) is 8.82. The summed E-state index contributed by atoms with van der Waals surface area (Å²) < 4.78 is 10.2. The van der Waals surface area contributed by atoms with Crippen molar-refractivity contribution in [3.05, 3.63) is 40.4 Å². The lowest BCUT2D eigenvalue weighted by Gasteiger charge is -2.06. The van der Waals surface area contributed by atoms with E-state index in [2.05, 4.69) is 15.0 Å². The third-order valence-corrected chi connectivity index (χ3v) is 4.58. The highest BCUT2D eigenvalue weighted by Gasteiger charge is 2.13. The zero-order valence-corrected chi connectivity index (χ0v) is 15.4. The summed E-state index contributed by atoms with van der Waals surface area (Å²) in [7, 11) is 1.35. The molecule has 0 unspecified atom stereocenters. The molecule has 0 spiro atoms. The molecule has 0 aliphatic rings. The van der Waals surface area contributed by atoms with E-state index in [-0.39, 0.29) is 18.3 Å². The number of anilines is 1. The molecule has 1 aromatic heterocycles. The number of benzene rings is 1. The van der Waals surface area contributed by atoms with Gasteiger partial charge in [0.15, 0.2) is 5.13 Å². The fourth-order valence-corrected chi connectivity index (χ4v) is 3.05. The van der Waals surface area contributed by atoms with Crippen LogP contribution in [0.25, 0.3) is 0 Å². The lowest BCUT2D eigenvalue weighted by molar-refractivity contribution is -0.139. The molecule has 7 heteroatoms. The van der Waals surface area contributed by atoms with Crippen LogP contribution in [0, 0.1) is 13.8 Å². The van der Waals surface area contributed by atoms with Crippen LogP contribution in [0.5, 0.6) is 5.75 Å². The Morgan fingerprint density at radius 2 is 1.92 bits per heavy atom. The summed E-state index contributed by atoms with van der Waals surface area (Å²) in [5.74, 6) is 0.359. The van der Waals surface area contributed by atoms with Gasteiger partial charge in [-0.3, -0.25) is 9.59 Å². The maximum absolute atomic E-state index is 12.0.